The number of rotatable bonds is 4. The Hall–Kier alpha value is -1.58. The van der Waals surface area contributed by atoms with Gasteiger partial charge in [0.05, 0.1) is 26.1 Å². The Morgan fingerprint density at radius 2 is 1.15 bits per heavy atom. The normalized spacial score (nSPS) is 46.2. The Kier molecular flexibility index (Phi) is 2.37. The lowest BCUT2D eigenvalue weighted by atomic mass is 9.64. The van der Waals surface area contributed by atoms with Crippen LogP contribution in [0.5, 0.6) is 0 Å². The molecule has 3 fully saturated rings. The van der Waals surface area contributed by atoms with Gasteiger partial charge in [0.2, 0.25) is 0 Å². The highest BCUT2D eigenvalue weighted by molar-refractivity contribution is 5.90. The number of hydrogen-bond acceptors (Lipinski definition) is 4. The molecule has 3 saturated carbocycles. The number of hydrogen-bond donors (Lipinski definition) is 0. The van der Waals surface area contributed by atoms with E-state index >= 15 is 0 Å². The van der Waals surface area contributed by atoms with Gasteiger partial charge in [-0.3, -0.25) is 9.59 Å². The summed E-state index contributed by atoms with van der Waals surface area (Å²) in [5, 5.41) is 0. The minimum absolute atomic E-state index is 0.160. The topological polar surface area (TPSA) is 52.6 Å². The Labute approximate surface area is 118 Å². The van der Waals surface area contributed by atoms with Crippen molar-refractivity contribution in [2.45, 2.75) is 13.8 Å². The van der Waals surface area contributed by atoms with E-state index in [9.17, 15) is 9.59 Å². The van der Waals surface area contributed by atoms with Crippen LogP contribution in [0, 0.1) is 34.5 Å². The molecule has 0 heterocycles. The van der Waals surface area contributed by atoms with E-state index in [0.717, 1.165) is 11.1 Å². The molecular weight excluding hydrogens is 256 g/mol. The predicted molar refractivity (Wildman–Crippen MR) is 72.5 cm³/mol. The van der Waals surface area contributed by atoms with Crippen LogP contribution < -0.4 is 0 Å². The van der Waals surface area contributed by atoms with Crippen molar-refractivity contribution in [2.24, 2.45) is 34.5 Å². The zero-order valence-electron chi connectivity index (χ0n) is 12.4. The van der Waals surface area contributed by atoms with Gasteiger partial charge in [0.1, 0.15) is 0 Å². The summed E-state index contributed by atoms with van der Waals surface area (Å²) >= 11 is 0. The van der Waals surface area contributed by atoms with Gasteiger partial charge >= 0.3 is 11.9 Å². The number of fused-ring (bicyclic) bond motifs is 4. The largest absolute Gasteiger partial charge is 0.469 e. The smallest absolute Gasteiger partial charge is 0.309 e. The van der Waals surface area contributed by atoms with Crippen LogP contribution in [0.2, 0.25) is 0 Å². The van der Waals surface area contributed by atoms with Crippen molar-refractivity contribution >= 4 is 11.9 Å². The van der Waals surface area contributed by atoms with Gasteiger partial charge in [-0.2, -0.15) is 0 Å². The summed E-state index contributed by atoms with van der Waals surface area (Å²) in [6.07, 6.45) is 0. The van der Waals surface area contributed by atoms with E-state index in [1.54, 1.807) is 0 Å². The van der Waals surface area contributed by atoms with E-state index in [-0.39, 0.29) is 46.4 Å². The highest BCUT2D eigenvalue weighted by Gasteiger charge is 3.02. The molecule has 0 radical (unpaired) electrons. The van der Waals surface area contributed by atoms with E-state index in [2.05, 4.69) is 13.2 Å². The molecule has 6 unspecified atom stereocenters. The molecule has 0 N–H and O–H groups in total. The fraction of sp³-hybridized carbons (Fsp3) is 0.625. The van der Waals surface area contributed by atoms with Crippen molar-refractivity contribution in [3.8, 4) is 0 Å². The van der Waals surface area contributed by atoms with Crippen LogP contribution in [-0.2, 0) is 19.1 Å². The zero-order valence-corrected chi connectivity index (χ0v) is 12.4. The molecule has 108 valence electrons. The van der Waals surface area contributed by atoms with Crippen LogP contribution in [-0.4, -0.2) is 26.2 Å². The highest BCUT2D eigenvalue weighted by atomic mass is 16.5. The second-order valence-corrected chi connectivity index (χ2v) is 6.35. The van der Waals surface area contributed by atoms with Crippen molar-refractivity contribution < 1.29 is 19.1 Å². The summed E-state index contributed by atoms with van der Waals surface area (Å²) in [5.74, 6) is -0.425. The number of esters is 2. The molecule has 4 heteroatoms. The van der Waals surface area contributed by atoms with E-state index in [1.807, 2.05) is 13.8 Å². The molecular formula is C16H20O4. The first-order valence-electron chi connectivity index (χ1n) is 6.82. The quantitative estimate of drug-likeness (QED) is 0.582. The van der Waals surface area contributed by atoms with E-state index < -0.39 is 0 Å². The second-order valence-electron chi connectivity index (χ2n) is 6.35. The van der Waals surface area contributed by atoms with Crippen LogP contribution in [0.4, 0.5) is 0 Å². The number of methoxy groups -OCH3 is 2. The summed E-state index contributed by atoms with van der Waals surface area (Å²) in [6.45, 7) is 12.0. The maximum Gasteiger partial charge on any atom is 0.309 e. The highest BCUT2D eigenvalue weighted by Crippen LogP contribution is 3.00. The Morgan fingerprint density at radius 3 is 1.35 bits per heavy atom. The van der Waals surface area contributed by atoms with E-state index in [1.165, 1.54) is 14.2 Å². The third kappa shape index (κ3) is 0.971. The monoisotopic (exact) mass is 276 g/mol. The third-order valence-corrected chi connectivity index (χ3v) is 5.93. The fourth-order valence-electron chi connectivity index (χ4n) is 5.51. The molecule has 0 aromatic carbocycles. The van der Waals surface area contributed by atoms with Gasteiger partial charge in [-0.25, -0.2) is 0 Å². The van der Waals surface area contributed by atoms with Crippen LogP contribution in [0.3, 0.4) is 0 Å². The fourth-order valence-corrected chi connectivity index (χ4v) is 5.51. The van der Waals surface area contributed by atoms with Crippen molar-refractivity contribution in [1.82, 2.24) is 0 Å². The molecule has 0 aromatic rings. The van der Waals surface area contributed by atoms with Gasteiger partial charge < -0.3 is 9.47 Å². The molecule has 0 aliphatic heterocycles. The summed E-state index contributed by atoms with van der Waals surface area (Å²) in [4.78, 5) is 24.0. The first-order valence-corrected chi connectivity index (χ1v) is 6.82. The molecule has 0 amide bonds. The number of carbonyl (C=O) groups excluding carboxylic acids is 2. The molecule has 3 aliphatic rings. The predicted octanol–water partition coefficient (Wildman–Crippen LogP) is 1.96. The van der Waals surface area contributed by atoms with Crippen molar-refractivity contribution in [3.63, 3.8) is 0 Å². The standard InChI is InChI=1S/C16H20O4/c1-7(2)15-9(11(15)13(17)19-5)10-12(14(18)20-6)16(10,15)8(3)4/h9-12H,1,3H2,2,4-6H3. The Bertz CT molecular complexity index is 513. The lowest BCUT2D eigenvalue weighted by Gasteiger charge is -2.38. The molecule has 0 bridgehead atoms. The Morgan fingerprint density at radius 1 is 0.850 bits per heavy atom. The molecule has 0 aromatic heterocycles. The van der Waals surface area contributed by atoms with Gasteiger partial charge in [0.15, 0.2) is 0 Å². The van der Waals surface area contributed by atoms with Gasteiger partial charge in [0.25, 0.3) is 0 Å². The van der Waals surface area contributed by atoms with Crippen molar-refractivity contribution in [3.05, 3.63) is 24.3 Å². The third-order valence-electron chi connectivity index (χ3n) is 5.93. The van der Waals surface area contributed by atoms with Crippen molar-refractivity contribution in [1.29, 1.82) is 0 Å². The summed E-state index contributed by atoms with van der Waals surface area (Å²) in [5.41, 5.74) is 1.22. The summed E-state index contributed by atoms with van der Waals surface area (Å²) < 4.78 is 9.84. The van der Waals surface area contributed by atoms with Gasteiger partial charge in [-0.1, -0.05) is 24.3 Å². The van der Waals surface area contributed by atoms with Gasteiger partial charge in [-0.05, 0) is 25.7 Å². The number of carbonyl (C=O) groups is 2. The van der Waals surface area contributed by atoms with Crippen molar-refractivity contribution in [2.75, 3.05) is 14.2 Å². The second kappa shape index (κ2) is 3.54. The molecule has 20 heavy (non-hydrogen) atoms. The van der Waals surface area contributed by atoms with Crippen LogP contribution in [0.25, 0.3) is 0 Å². The Balaban J connectivity index is 2.03. The molecule has 3 aliphatic carbocycles. The van der Waals surface area contributed by atoms with E-state index in [4.69, 9.17) is 9.47 Å². The first kappa shape index (κ1) is 13.4. The SMILES string of the molecule is C=C(C)C12C(C(=O)OC)C1C1C(C(=O)OC)C12C(=C)C. The maximum absolute atomic E-state index is 12.0. The number of allylic oxidation sites excluding steroid dienone is 2. The van der Waals surface area contributed by atoms with E-state index in [0.29, 0.717) is 0 Å². The zero-order chi connectivity index (χ0) is 15.0. The lowest BCUT2D eigenvalue weighted by molar-refractivity contribution is -0.146. The van der Waals surface area contributed by atoms with Gasteiger partial charge in [0, 0.05) is 10.8 Å². The first-order chi connectivity index (χ1) is 9.34. The average Bonchev–Trinajstić information content (AvgIpc) is 3.19. The average molecular weight is 276 g/mol. The molecule has 6 atom stereocenters. The molecule has 0 spiro atoms. The maximum atomic E-state index is 12.0. The minimum atomic E-state index is -0.338. The number of ether oxygens (including phenoxy) is 2. The van der Waals surface area contributed by atoms with Crippen LogP contribution in [0.1, 0.15) is 13.8 Å². The molecule has 0 saturated heterocycles. The molecule has 3 rings (SSSR count). The summed E-state index contributed by atoms with van der Waals surface area (Å²) in [6, 6.07) is 0. The molecule has 4 nitrogen and oxygen atoms in total. The van der Waals surface area contributed by atoms with Gasteiger partial charge in [-0.15, -0.1) is 0 Å². The lowest BCUT2D eigenvalue weighted by Crippen LogP contribution is -2.35. The van der Waals surface area contributed by atoms with Crippen LogP contribution >= 0.6 is 0 Å². The van der Waals surface area contributed by atoms with Crippen LogP contribution in [0.15, 0.2) is 24.3 Å². The summed E-state index contributed by atoms with van der Waals surface area (Å²) in [7, 11) is 2.81. The minimum Gasteiger partial charge on any atom is -0.469 e.